The predicted octanol–water partition coefficient (Wildman–Crippen LogP) is 5.19. The van der Waals surface area contributed by atoms with Gasteiger partial charge in [0.1, 0.15) is 5.60 Å². The lowest BCUT2D eigenvalue weighted by molar-refractivity contribution is 0.0114. The fourth-order valence-electron chi connectivity index (χ4n) is 2.62. The summed E-state index contributed by atoms with van der Waals surface area (Å²) in [6.07, 6.45) is 2.86. The van der Waals surface area contributed by atoms with Crippen LogP contribution in [0.3, 0.4) is 0 Å². The number of rotatable bonds is 3. The van der Waals surface area contributed by atoms with E-state index in [1.54, 1.807) is 12.1 Å². The summed E-state index contributed by atoms with van der Waals surface area (Å²) in [6, 6.07) is 5.56. The third kappa shape index (κ3) is 5.47. The number of anilines is 1. The van der Waals surface area contributed by atoms with Crippen molar-refractivity contribution >= 4 is 35.0 Å². The highest BCUT2D eigenvalue weighted by Gasteiger charge is 2.30. The van der Waals surface area contributed by atoms with Crippen molar-refractivity contribution in [1.29, 1.82) is 0 Å². The van der Waals surface area contributed by atoms with Crippen molar-refractivity contribution in [3.8, 4) is 0 Å². The average Bonchev–Trinajstić information content (AvgIpc) is 2.47. The summed E-state index contributed by atoms with van der Waals surface area (Å²) in [5.41, 5.74) is 0.421. The van der Waals surface area contributed by atoms with Crippen LogP contribution in [0.15, 0.2) is 18.2 Å². The molecular formula is C17H24Cl2N2O2. The Hall–Kier alpha value is -1.13. The maximum absolute atomic E-state index is 12.4. The molecule has 1 aliphatic heterocycles. The molecule has 1 N–H and O–H groups in total. The molecule has 1 aromatic carbocycles. The highest BCUT2D eigenvalue weighted by molar-refractivity contribution is 6.42. The van der Waals surface area contributed by atoms with Gasteiger partial charge in [-0.3, -0.25) is 0 Å². The van der Waals surface area contributed by atoms with Gasteiger partial charge in [-0.15, -0.1) is 0 Å². The zero-order chi connectivity index (χ0) is 17.0. The van der Waals surface area contributed by atoms with E-state index >= 15 is 0 Å². The first-order valence-corrected chi connectivity index (χ1v) is 8.70. The van der Waals surface area contributed by atoms with Crippen LogP contribution in [0.25, 0.3) is 0 Å². The average molecular weight is 359 g/mol. The number of nitrogens with zero attached hydrogens (tertiary/aromatic N) is 1. The Morgan fingerprint density at radius 2 is 2.04 bits per heavy atom. The molecule has 2 rings (SSSR count). The van der Waals surface area contributed by atoms with Gasteiger partial charge in [0.05, 0.1) is 16.1 Å². The standard InChI is InChI=1S/C17H24Cl2N2O2/c1-17(2,3)23-16(22)21-9-5-4-6-13(21)11-20-12-7-8-14(18)15(19)10-12/h7-8,10,13,20H,4-6,9,11H2,1-3H3. The molecule has 1 atom stereocenters. The number of nitrogens with one attached hydrogen (secondary N) is 1. The number of benzene rings is 1. The van der Waals surface area contributed by atoms with Crippen molar-refractivity contribution in [3.63, 3.8) is 0 Å². The Balaban J connectivity index is 1.98. The molecule has 1 unspecified atom stereocenters. The second kappa shape index (κ2) is 7.63. The topological polar surface area (TPSA) is 41.6 Å². The fraction of sp³-hybridized carbons (Fsp3) is 0.588. The molecule has 1 saturated heterocycles. The molecule has 0 radical (unpaired) electrons. The molecule has 0 bridgehead atoms. The second-order valence-corrected chi connectivity index (χ2v) is 7.65. The lowest BCUT2D eigenvalue weighted by Crippen LogP contribution is -2.48. The van der Waals surface area contributed by atoms with Gasteiger partial charge in [0.15, 0.2) is 0 Å². The molecule has 128 valence electrons. The number of hydrogen-bond donors (Lipinski definition) is 1. The summed E-state index contributed by atoms with van der Waals surface area (Å²) < 4.78 is 5.51. The molecule has 6 heteroatoms. The second-order valence-electron chi connectivity index (χ2n) is 6.83. The van der Waals surface area contributed by atoms with Gasteiger partial charge in [-0.2, -0.15) is 0 Å². The minimum absolute atomic E-state index is 0.119. The van der Waals surface area contributed by atoms with Gasteiger partial charge in [-0.05, 0) is 58.2 Å². The molecule has 4 nitrogen and oxygen atoms in total. The summed E-state index contributed by atoms with van der Waals surface area (Å²) in [4.78, 5) is 14.2. The third-order valence-electron chi connectivity index (χ3n) is 3.72. The van der Waals surface area contributed by atoms with Gasteiger partial charge in [-0.1, -0.05) is 23.2 Å². The molecule has 1 heterocycles. The minimum atomic E-state index is -0.476. The third-order valence-corrected chi connectivity index (χ3v) is 4.46. The number of piperidine rings is 1. The van der Waals surface area contributed by atoms with Crippen molar-refractivity contribution < 1.29 is 9.53 Å². The molecule has 1 aromatic rings. The van der Waals surface area contributed by atoms with E-state index in [0.29, 0.717) is 16.6 Å². The molecule has 23 heavy (non-hydrogen) atoms. The number of amides is 1. The number of hydrogen-bond acceptors (Lipinski definition) is 3. The number of ether oxygens (including phenoxy) is 1. The maximum atomic E-state index is 12.4. The highest BCUT2D eigenvalue weighted by Crippen LogP contribution is 2.26. The first-order chi connectivity index (χ1) is 10.8. The molecule has 0 saturated carbocycles. The zero-order valence-electron chi connectivity index (χ0n) is 13.9. The van der Waals surface area contributed by atoms with E-state index in [-0.39, 0.29) is 12.1 Å². The van der Waals surface area contributed by atoms with Crippen LogP contribution in [0.5, 0.6) is 0 Å². The van der Waals surface area contributed by atoms with Crippen LogP contribution in [-0.4, -0.2) is 35.7 Å². The highest BCUT2D eigenvalue weighted by atomic mass is 35.5. The predicted molar refractivity (Wildman–Crippen MR) is 95.5 cm³/mol. The SMILES string of the molecule is CC(C)(C)OC(=O)N1CCCCC1CNc1ccc(Cl)c(Cl)c1. The molecule has 1 amide bonds. The molecule has 1 aliphatic rings. The molecule has 1 fully saturated rings. The number of likely N-dealkylation sites (tertiary alicyclic amines) is 1. The lowest BCUT2D eigenvalue weighted by atomic mass is 10.0. The Morgan fingerprint density at radius 3 is 2.70 bits per heavy atom. The lowest BCUT2D eigenvalue weighted by Gasteiger charge is -2.37. The van der Waals surface area contributed by atoms with Crippen LogP contribution in [0.2, 0.25) is 10.0 Å². The summed E-state index contributed by atoms with van der Waals surface area (Å²) >= 11 is 12.0. The van der Waals surface area contributed by atoms with Crippen LogP contribution in [0.1, 0.15) is 40.0 Å². The molecule has 0 aliphatic carbocycles. The van der Waals surface area contributed by atoms with E-state index in [4.69, 9.17) is 27.9 Å². The monoisotopic (exact) mass is 358 g/mol. The zero-order valence-corrected chi connectivity index (χ0v) is 15.4. The Morgan fingerprint density at radius 1 is 1.30 bits per heavy atom. The van der Waals surface area contributed by atoms with E-state index in [0.717, 1.165) is 31.5 Å². The molecular weight excluding hydrogens is 335 g/mol. The van der Waals surface area contributed by atoms with Crippen LogP contribution in [0, 0.1) is 0 Å². The van der Waals surface area contributed by atoms with Crippen molar-refractivity contribution in [1.82, 2.24) is 4.90 Å². The Bertz CT molecular complexity index is 558. The number of halogens is 2. The number of carbonyl (C=O) groups is 1. The fourth-order valence-corrected chi connectivity index (χ4v) is 2.91. The Labute approximate surface area is 148 Å². The van der Waals surface area contributed by atoms with Crippen molar-refractivity contribution in [2.75, 3.05) is 18.4 Å². The van der Waals surface area contributed by atoms with Gasteiger partial charge in [-0.25, -0.2) is 4.79 Å². The quantitative estimate of drug-likeness (QED) is 0.807. The van der Waals surface area contributed by atoms with E-state index < -0.39 is 5.60 Å². The van der Waals surface area contributed by atoms with E-state index in [1.807, 2.05) is 31.7 Å². The van der Waals surface area contributed by atoms with Gasteiger partial charge < -0.3 is 15.0 Å². The van der Waals surface area contributed by atoms with Crippen molar-refractivity contribution in [2.24, 2.45) is 0 Å². The van der Waals surface area contributed by atoms with Gasteiger partial charge in [0.25, 0.3) is 0 Å². The van der Waals surface area contributed by atoms with Crippen LogP contribution in [0.4, 0.5) is 10.5 Å². The first-order valence-electron chi connectivity index (χ1n) is 7.95. The summed E-state index contributed by atoms with van der Waals surface area (Å²) in [5, 5.41) is 4.39. The minimum Gasteiger partial charge on any atom is -0.444 e. The maximum Gasteiger partial charge on any atom is 0.410 e. The van der Waals surface area contributed by atoms with E-state index in [1.165, 1.54) is 0 Å². The molecule has 0 spiro atoms. The number of carbonyl (C=O) groups excluding carboxylic acids is 1. The van der Waals surface area contributed by atoms with Crippen molar-refractivity contribution in [3.05, 3.63) is 28.2 Å². The molecule has 0 aromatic heterocycles. The van der Waals surface area contributed by atoms with E-state index in [2.05, 4.69) is 5.32 Å². The largest absolute Gasteiger partial charge is 0.444 e. The summed E-state index contributed by atoms with van der Waals surface area (Å²) in [7, 11) is 0. The van der Waals surface area contributed by atoms with Gasteiger partial charge >= 0.3 is 6.09 Å². The van der Waals surface area contributed by atoms with Crippen LogP contribution >= 0.6 is 23.2 Å². The summed E-state index contributed by atoms with van der Waals surface area (Å²) in [5.74, 6) is 0. The van der Waals surface area contributed by atoms with Crippen LogP contribution in [-0.2, 0) is 4.74 Å². The van der Waals surface area contributed by atoms with Gasteiger partial charge in [0.2, 0.25) is 0 Å². The van der Waals surface area contributed by atoms with E-state index in [9.17, 15) is 4.79 Å². The van der Waals surface area contributed by atoms with Crippen LogP contribution < -0.4 is 5.32 Å². The first kappa shape index (κ1) is 18.2. The summed E-state index contributed by atoms with van der Waals surface area (Å²) in [6.45, 7) is 7.06. The normalized spacial score (nSPS) is 18.7. The van der Waals surface area contributed by atoms with Gasteiger partial charge in [0, 0.05) is 18.8 Å². The Kier molecular flexibility index (Phi) is 6.04. The van der Waals surface area contributed by atoms with Crippen molar-refractivity contribution in [2.45, 2.75) is 51.7 Å². The smallest absolute Gasteiger partial charge is 0.410 e.